The number of benzene rings is 1. The Bertz CT molecular complexity index is 484. The zero-order valence-corrected chi connectivity index (χ0v) is 11.6. The van der Waals surface area contributed by atoms with E-state index in [2.05, 4.69) is 10.2 Å². The maximum absolute atomic E-state index is 13.7. The summed E-state index contributed by atoms with van der Waals surface area (Å²) >= 11 is 0. The van der Waals surface area contributed by atoms with Crippen molar-refractivity contribution in [2.75, 3.05) is 31.9 Å². The Morgan fingerprint density at radius 1 is 1.30 bits per heavy atom. The standard InChI is InChI=1S/C15H22FN3O/c16-11-8-12(15(20)13(17)9-11)14(10-2-1-3-10)19-6-4-18-5-7-19/h8-10,14,18,20H,1-7,17H2/t14-/m0/s1. The molecular formula is C15H22FN3O. The zero-order valence-electron chi connectivity index (χ0n) is 11.6. The number of piperazine rings is 1. The van der Waals surface area contributed by atoms with E-state index in [0.717, 1.165) is 39.0 Å². The van der Waals surface area contributed by atoms with E-state index in [1.165, 1.54) is 18.6 Å². The molecule has 4 nitrogen and oxygen atoms in total. The first kappa shape index (κ1) is 13.6. The predicted octanol–water partition coefficient (Wildman–Crippen LogP) is 1.86. The number of phenolic OH excluding ortho intramolecular Hbond substituents is 1. The van der Waals surface area contributed by atoms with Gasteiger partial charge >= 0.3 is 0 Å². The lowest BCUT2D eigenvalue weighted by atomic mass is 9.76. The Morgan fingerprint density at radius 2 is 2.00 bits per heavy atom. The van der Waals surface area contributed by atoms with Gasteiger partial charge in [-0.25, -0.2) is 4.39 Å². The molecule has 0 bridgehead atoms. The topological polar surface area (TPSA) is 61.5 Å². The van der Waals surface area contributed by atoms with Crippen molar-refractivity contribution < 1.29 is 9.50 Å². The molecule has 1 aromatic carbocycles. The number of nitrogen functional groups attached to an aromatic ring is 1. The van der Waals surface area contributed by atoms with Crippen molar-refractivity contribution in [1.82, 2.24) is 10.2 Å². The second-order valence-corrected chi connectivity index (χ2v) is 5.85. The van der Waals surface area contributed by atoms with E-state index in [0.29, 0.717) is 11.5 Å². The Balaban J connectivity index is 1.96. The Morgan fingerprint density at radius 3 is 2.60 bits per heavy atom. The third-order valence-corrected chi connectivity index (χ3v) is 4.59. The van der Waals surface area contributed by atoms with Gasteiger partial charge in [-0.05, 0) is 24.8 Å². The summed E-state index contributed by atoms with van der Waals surface area (Å²) in [6.07, 6.45) is 3.51. The van der Waals surface area contributed by atoms with E-state index in [1.807, 2.05) is 0 Å². The van der Waals surface area contributed by atoms with Crippen LogP contribution in [0, 0.1) is 11.7 Å². The quantitative estimate of drug-likeness (QED) is 0.584. The first-order chi connectivity index (χ1) is 9.66. The van der Waals surface area contributed by atoms with Crippen LogP contribution in [0.2, 0.25) is 0 Å². The SMILES string of the molecule is Nc1cc(F)cc([C@H](C2CCC2)N2CCNCC2)c1O. The number of nitrogens with one attached hydrogen (secondary N) is 1. The number of rotatable bonds is 3. The van der Waals surface area contributed by atoms with Gasteiger partial charge in [-0.2, -0.15) is 0 Å². The number of hydrogen-bond acceptors (Lipinski definition) is 4. The van der Waals surface area contributed by atoms with Crippen molar-refractivity contribution in [1.29, 1.82) is 0 Å². The van der Waals surface area contributed by atoms with Gasteiger partial charge in [0.05, 0.1) is 5.69 Å². The van der Waals surface area contributed by atoms with Gasteiger partial charge in [0.2, 0.25) is 0 Å². The average Bonchev–Trinajstić information content (AvgIpc) is 2.39. The number of halogens is 1. The molecule has 0 amide bonds. The number of aromatic hydroxyl groups is 1. The summed E-state index contributed by atoms with van der Waals surface area (Å²) < 4.78 is 13.7. The van der Waals surface area contributed by atoms with E-state index in [-0.39, 0.29) is 23.3 Å². The molecule has 1 saturated heterocycles. The summed E-state index contributed by atoms with van der Waals surface area (Å²) in [5.41, 5.74) is 6.53. The highest BCUT2D eigenvalue weighted by Gasteiger charge is 2.35. The fourth-order valence-corrected chi connectivity index (χ4v) is 3.33. The Hall–Kier alpha value is -1.33. The van der Waals surface area contributed by atoms with Gasteiger partial charge in [0.15, 0.2) is 0 Å². The number of hydrogen-bond donors (Lipinski definition) is 3. The summed E-state index contributed by atoms with van der Waals surface area (Å²) in [6, 6.07) is 2.73. The van der Waals surface area contributed by atoms with Crippen LogP contribution in [0.15, 0.2) is 12.1 Å². The molecule has 20 heavy (non-hydrogen) atoms. The van der Waals surface area contributed by atoms with Gasteiger partial charge in [-0.15, -0.1) is 0 Å². The molecule has 1 aromatic rings. The molecule has 1 saturated carbocycles. The van der Waals surface area contributed by atoms with Crippen molar-refractivity contribution in [3.63, 3.8) is 0 Å². The van der Waals surface area contributed by atoms with Crippen LogP contribution in [0.4, 0.5) is 10.1 Å². The minimum atomic E-state index is -0.366. The van der Waals surface area contributed by atoms with Gasteiger partial charge in [-0.3, -0.25) is 4.90 Å². The Kier molecular flexibility index (Phi) is 3.81. The van der Waals surface area contributed by atoms with E-state index < -0.39 is 0 Å². The van der Waals surface area contributed by atoms with Gasteiger partial charge in [-0.1, -0.05) is 6.42 Å². The molecule has 1 aliphatic heterocycles. The van der Waals surface area contributed by atoms with Crippen LogP contribution in [0.25, 0.3) is 0 Å². The molecule has 5 heteroatoms. The lowest BCUT2D eigenvalue weighted by Gasteiger charge is -2.43. The second-order valence-electron chi connectivity index (χ2n) is 5.85. The molecule has 1 heterocycles. The highest BCUT2D eigenvalue weighted by molar-refractivity contribution is 5.57. The van der Waals surface area contributed by atoms with Crippen LogP contribution >= 0.6 is 0 Å². The molecule has 0 unspecified atom stereocenters. The fraction of sp³-hybridized carbons (Fsp3) is 0.600. The lowest BCUT2D eigenvalue weighted by Crippen LogP contribution is -2.47. The highest BCUT2D eigenvalue weighted by atomic mass is 19.1. The fourth-order valence-electron chi connectivity index (χ4n) is 3.33. The third-order valence-electron chi connectivity index (χ3n) is 4.59. The van der Waals surface area contributed by atoms with E-state index in [4.69, 9.17) is 5.73 Å². The van der Waals surface area contributed by atoms with Crippen LogP contribution < -0.4 is 11.1 Å². The second kappa shape index (κ2) is 5.58. The van der Waals surface area contributed by atoms with Gasteiger partial charge in [0, 0.05) is 43.9 Å². The Labute approximate surface area is 118 Å². The van der Waals surface area contributed by atoms with Crippen LogP contribution in [0.5, 0.6) is 5.75 Å². The average molecular weight is 279 g/mol. The minimum Gasteiger partial charge on any atom is -0.505 e. The third kappa shape index (κ3) is 2.47. The number of phenols is 1. The molecule has 0 spiro atoms. The summed E-state index contributed by atoms with van der Waals surface area (Å²) in [7, 11) is 0. The van der Waals surface area contributed by atoms with Crippen LogP contribution in [0.1, 0.15) is 30.9 Å². The van der Waals surface area contributed by atoms with E-state index >= 15 is 0 Å². The molecule has 4 N–H and O–H groups in total. The van der Waals surface area contributed by atoms with Crippen molar-refractivity contribution in [2.24, 2.45) is 5.92 Å². The maximum atomic E-state index is 13.7. The summed E-state index contributed by atoms with van der Waals surface area (Å²) in [4.78, 5) is 2.36. The number of nitrogens with two attached hydrogens (primary N) is 1. The van der Waals surface area contributed by atoms with Crippen LogP contribution in [-0.4, -0.2) is 36.2 Å². The number of anilines is 1. The largest absolute Gasteiger partial charge is 0.505 e. The highest BCUT2D eigenvalue weighted by Crippen LogP contribution is 2.45. The summed E-state index contributed by atoms with van der Waals surface area (Å²) in [5, 5.41) is 13.6. The van der Waals surface area contributed by atoms with Crippen molar-refractivity contribution in [3.05, 3.63) is 23.5 Å². The maximum Gasteiger partial charge on any atom is 0.143 e. The molecule has 0 aromatic heterocycles. The molecule has 110 valence electrons. The van der Waals surface area contributed by atoms with Gasteiger partial charge in [0.25, 0.3) is 0 Å². The molecule has 1 atom stereocenters. The minimum absolute atomic E-state index is 0.0573. The van der Waals surface area contributed by atoms with Crippen molar-refractivity contribution >= 4 is 5.69 Å². The normalized spacial score (nSPS) is 22.4. The first-order valence-electron chi connectivity index (χ1n) is 7.39. The summed E-state index contributed by atoms with van der Waals surface area (Å²) in [5.74, 6) is 0.191. The monoisotopic (exact) mass is 279 g/mol. The van der Waals surface area contributed by atoms with E-state index in [9.17, 15) is 9.50 Å². The first-order valence-corrected chi connectivity index (χ1v) is 7.39. The molecule has 3 rings (SSSR count). The van der Waals surface area contributed by atoms with Crippen LogP contribution in [-0.2, 0) is 0 Å². The molecule has 1 aliphatic carbocycles. The molecular weight excluding hydrogens is 257 g/mol. The zero-order chi connectivity index (χ0) is 14.1. The van der Waals surface area contributed by atoms with Gasteiger partial charge in [0.1, 0.15) is 11.6 Å². The molecule has 2 aliphatic rings. The molecule has 0 radical (unpaired) electrons. The van der Waals surface area contributed by atoms with Crippen molar-refractivity contribution in [3.8, 4) is 5.75 Å². The van der Waals surface area contributed by atoms with E-state index in [1.54, 1.807) is 0 Å². The predicted molar refractivity (Wildman–Crippen MR) is 77.0 cm³/mol. The summed E-state index contributed by atoms with van der Waals surface area (Å²) in [6.45, 7) is 3.73. The van der Waals surface area contributed by atoms with Gasteiger partial charge < -0.3 is 16.2 Å². The smallest absolute Gasteiger partial charge is 0.143 e. The van der Waals surface area contributed by atoms with Crippen LogP contribution in [0.3, 0.4) is 0 Å². The van der Waals surface area contributed by atoms with Crippen molar-refractivity contribution in [2.45, 2.75) is 25.3 Å². The molecule has 2 fully saturated rings. The number of nitrogens with zero attached hydrogens (tertiary/aromatic N) is 1. The lowest BCUT2D eigenvalue weighted by molar-refractivity contribution is 0.0818.